The van der Waals surface area contributed by atoms with Crippen LogP contribution >= 0.6 is 0 Å². The van der Waals surface area contributed by atoms with Gasteiger partial charge in [0.05, 0.1) is 6.61 Å². The third-order valence-corrected chi connectivity index (χ3v) is 4.61. The molecule has 21 heavy (non-hydrogen) atoms. The molecule has 3 unspecified atom stereocenters. The first-order chi connectivity index (χ1) is 9.84. The summed E-state index contributed by atoms with van der Waals surface area (Å²) in [5, 5.41) is 3.32. The van der Waals surface area contributed by atoms with Crippen molar-refractivity contribution in [1.29, 1.82) is 0 Å². The number of hydrogen-bond acceptors (Lipinski definition) is 5. The number of carbonyl (C=O) groups is 1. The molecule has 0 aromatic rings. The Morgan fingerprint density at radius 3 is 2.62 bits per heavy atom. The van der Waals surface area contributed by atoms with Crippen LogP contribution in [0.5, 0.6) is 0 Å². The minimum atomic E-state index is -0.600. The maximum Gasteiger partial charge on any atom is 0.326 e. The second-order valence-corrected chi connectivity index (χ2v) is 6.46. The summed E-state index contributed by atoms with van der Waals surface area (Å²) in [6, 6.07) is 0.920. The number of hydrogen-bond donors (Lipinski definition) is 1. The molecule has 0 amide bonds. The van der Waals surface area contributed by atoms with Gasteiger partial charge < -0.3 is 15.0 Å². The van der Waals surface area contributed by atoms with E-state index in [-0.39, 0.29) is 5.97 Å². The molecule has 1 N–H and O–H groups in total. The molecule has 1 heterocycles. The van der Waals surface area contributed by atoms with Gasteiger partial charge in [0.1, 0.15) is 5.54 Å². The number of piperazine rings is 1. The monoisotopic (exact) mass is 299 g/mol. The molecule has 0 bridgehead atoms. The van der Waals surface area contributed by atoms with Gasteiger partial charge in [-0.25, -0.2) is 0 Å². The molecule has 5 heteroatoms. The van der Waals surface area contributed by atoms with Crippen LogP contribution < -0.4 is 5.32 Å². The van der Waals surface area contributed by atoms with Crippen LogP contribution in [0.1, 0.15) is 41.0 Å². The van der Waals surface area contributed by atoms with Crippen LogP contribution in [0.3, 0.4) is 0 Å². The lowest BCUT2D eigenvalue weighted by Crippen LogP contribution is -2.57. The van der Waals surface area contributed by atoms with Crippen LogP contribution in [0.2, 0.25) is 0 Å². The topological polar surface area (TPSA) is 44.8 Å². The van der Waals surface area contributed by atoms with Gasteiger partial charge in [-0.1, -0.05) is 6.92 Å². The highest BCUT2D eigenvalue weighted by atomic mass is 16.5. The van der Waals surface area contributed by atoms with Crippen molar-refractivity contribution in [3.8, 4) is 0 Å². The van der Waals surface area contributed by atoms with E-state index in [0.717, 1.165) is 32.6 Å². The molecule has 1 aliphatic rings. The fourth-order valence-electron chi connectivity index (χ4n) is 3.11. The average Bonchev–Trinajstić information content (AvgIpc) is 2.42. The molecule has 1 fully saturated rings. The van der Waals surface area contributed by atoms with Gasteiger partial charge in [0.25, 0.3) is 0 Å². The zero-order chi connectivity index (χ0) is 16.0. The Morgan fingerprint density at radius 2 is 2.10 bits per heavy atom. The van der Waals surface area contributed by atoms with Gasteiger partial charge in [-0.3, -0.25) is 9.69 Å². The average molecular weight is 299 g/mol. The molecule has 0 aromatic heterocycles. The Morgan fingerprint density at radius 1 is 1.43 bits per heavy atom. The molecule has 1 rings (SSSR count). The summed E-state index contributed by atoms with van der Waals surface area (Å²) >= 11 is 0. The Balaban J connectivity index is 2.67. The standard InChI is InChI=1S/C16H33N3O2/c1-7-17-16(5,15(20)21-8-2)11-13(3)19-10-9-18(6)14(4)12-19/h13-14,17H,7-12H2,1-6H3. The predicted molar refractivity (Wildman–Crippen MR) is 86.5 cm³/mol. The quantitative estimate of drug-likeness (QED) is 0.719. The summed E-state index contributed by atoms with van der Waals surface area (Å²) in [5.74, 6) is -0.138. The van der Waals surface area contributed by atoms with Gasteiger partial charge in [0.2, 0.25) is 0 Å². The highest BCUT2D eigenvalue weighted by Gasteiger charge is 2.37. The lowest BCUT2D eigenvalue weighted by atomic mass is 9.92. The molecule has 5 nitrogen and oxygen atoms in total. The van der Waals surface area contributed by atoms with Gasteiger partial charge in [-0.2, -0.15) is 0 Å². The summed E-state index contributed by atoms with van der Waals surface area (Å²) < 4.78 is 5.26. The first-order valence-corrected chi connectivity index (χ1v) is 8.20. The Hall–Kier alpha value is -0.650. The summed E-state index contributed by atoms with van der Waals surface area (Å²) in [4.78, 5) is 17.2. The number of rotatable bonds is 7. The highest BCUT2D eigenvalue weighted by molar-refractivity contribution is 5.80. The lowest BCUT2D eigenvalue weighted by molar-refractivity contribution is -0.151. The summed E-state index contributed by atoms with van der Waals surface area (Å²) in [5.41, 5.74) is -0.600. The van der Waals surface area contributed by atoms with E-state index < -0.39 is 5.54 Å². The van der Waals surface area contributed by atoms with Crippen LogP contribution in [-0.2, 0) is 9.53 Å². The van der Waals surface area contributed by atoms with Gasteiger partial charge in [0.15, 0.2) is 0 Å². The van der Waals surface area contributed by atoms with Gasteiger partial charge in [-0.05, 0) is 47.7 Å². The van der Waals surface area contributed by atoms with Gasteiger partial charge in [-0.15, -0.1) is 0 Å². The molecule has 0 spiro atoms. The SMILES string of the molecule is CCNC(C)(CC(C)N1CCN(C)C(C)C1)C(=O)OCC. The van der Waals surface area contributed by atoms with Crippen molar-refractivity contribution in [3.63, 3.8) is 0 Å². The van der Waals surface area contributed by atoms with E-state index in [4.69, 9.17) is 4.74 Å². The molecule has 0 aromatic carbocycles. The lowest BCUT2D eigenvalue weighted by Gasteiger charge is -2.43. The fourth-order valence-corrected chi connectivity index (χ4v) is 3.11. The fraction of sp³-hybridized carbons (Fsp3) is 0.938. The zero-order valence-electron chi connectivity index (χ0n) is 14.6. The minimum absolute atomic E-state index is 0.138. The molecule has 1 aliphatic heterocycles. The zero-order valence-corrected chi connectivity index (χ0v) is 14.6. The van der Waals surface area contributed by atoms with Crippen LogP contribution in [0.15, 0.2) is 0 Å². The van der Waals surface area contributed by atoms with E-state index in [1.807, 2.05) is 20.8 Å². The summed E-state index contributed by atoms with van der Waals surface area (Å²) in [6.45, 7) is 14.7. The Labute approximate surface area is 130 Å². The first kappa shape index (κ1) is 18.4. The van der Waals surface area contributed by atoms with Crippen molar-refractivity contribution >= 4 is 5.97 Å². The second-order valence-electron chi connectivity index (χ2n) is 6.46. The number of nitrogens with zero attached hydrogens (tertiary/aromatic N) is 2. The minimum Gasteiger partial charge on any atom is -0.465 e. The van der Waals surface area contributed by atoms with Gasteiger partial charge in [0, 0.05) is 31.7 Å². The molecule has 3 atom stereocenters. The predicted octanol–water partition coefficient (Wildman–Crippen LogP) is 1.33. The molecular weight excluding hydrogens is 266 g/mol. The molecule has 1 saturated heterocycles. The van der Waals surface area contributed by atoms with Crippen LogP contribution in [-0.4, -0.2) is 73.2 Å². The second kappa shape index (κ2) is 8.11. The van der Waals surface area contributed by atoms with E-state index in [2.05, 4.69) is 36.0 Å². The van der Waals surface area contributed by atoms with E-state index in [0.29, 0.717) is 18.7 Å². The molecule has 0 saturated carbocycles. The van der Waals surface area contributed by atoms with E-state index >= 15 is 0 Å². The number of likely N-dealkylation sites (N-methyl/N-ethyl adjacent to an activating group) is 2. The summed E-state index contributed by atoms with van der Waals surface area (Å²) in [6.07, 6.45) is 0.774. The molecule has 0 radical (unpaired) electrons. The van der Waals surface area contributed by atoms with Crippen molar-refractivity contribution in [1.82, 2.24) is 15.1 Å². The molecule has 0 aliphatic carbocycles. The van der Waals surface area contributed by atoms with E-state index in [9.17, 15) is 4.79 Å². The van der Waals surface area contributed by atoms with Crippen molar-refractivity contribution in [2.45, 2.75) is 58.7 Å². The smallest absolute Gasteiger partial charge is 0.326 e. The number of esters is 1. The van der Waals surface area contributed by atoms with E-state index in [1.165, 1.54) is 0 Å². The third-order valence-electron chi connectivity index (χ3n) is 4.61. The largest absolute Gasteiger partial charge is 0.465 e. The first-order valence-electron chi connectivity index (χ1n) is 8.20. The third kappa shape index (κ3) is 4.94. The Kier molecular flexibility index (Phi) is 7.10. The van der Waals surface area contributed by atoms with Crippen LogP contribution in [0.25, 0.3) is 0 Å². The van der Waals surface area contributed by atoms with E-state index in [1.54, 1.807) is 0 Å². The number of nitrogens with one attached hydrogen (secondary N) is 1. The number of carbonyl (C=O) groups excluding carboxylic acids is 1. The highest BCUT2D eigenvalue weighted by Crippen LogP contribution is 2.20. The maximum atomic E-state index is 12.3. The maximum absolute atomic E-state index is 12.3. The van der Waals surface area contributed by atoms with Gasteiger partial charge >= 0.3 is 5.97 Å². The Bertz CT molecular complexity index is 337. The molecule has 124 valence electrons. The number of ether oxygens (including phenoxy) is 1. The van der Waals surface area contributed by atoms with Crippen molar-refractivity contribution in [2.75, 3.05) is 39.8 Å². The van der Waals surface area contributed by atoms with Crippen LogP contribution in [0, 0.1) is 0 Å². The normalized spacial score (nSPS) is 25.3. The van der Waals surface area contributed by atoms with Crippen molar-refractivity contribution in [2.24, 2.45) is 0 Å². The summed E-state index contributed by atoms with van der Waals surface area (Å²) in [7, 11) is 2.17. The van der Waals surface area contributed by atoms with Crippen molar-refractivity contribution < 1.29 is 9.53 Å². The van der Waals surface area contributed by atoms with Crippen molar-refractivity contribution in [3.05, 3.63) is 0 Å². The molecular formula is C16H33N3O2. The van der Waals surface area contributed by atoms with Crippen LogP contribution in [0.4, 0.5) is 0 Å².